The number of nitro groups is 1. The number of hydrogen-bond donors (Lipinski definition) is 3. The molecule has 178 valence electrons. The Morgan fingerprint density at radius 2 is 1.97 bits per heavy atom. The van der Waals surface area contributed by atoms with E-state index in [0.717, 1.165) is 12.0 Å². The summed E-state index contributed by atoms with van der Waals surface area (Å²) in [5.41, 5.74) is 2.43. The second-order valence-corrected chi connectivity index (χ2v) is 8.64. The second-order valence-electron chi connectivity index (χ2n) is 8.64. The zero-order valence-electron chi connectivity index (χ0n) is 18.8. The standard InChI is InChI=1S/C24H22N6O5/c1-13-6-7-16(10-18(13)30(34)35)25-22(32)17-11-19(31)26-21-20(17)23(33)28-24(27-21)29-9-8-14-4-2-3-5-15(14)12-29/h2-7,10,17H,8-9,11-12H2,1H3,(H,25,32)(H2,26,27,28,31,33)/t17-/m1/s1. The summed E-state index contributed by atoms with van der Waals surface area (Å²) in [5, 5.41) is 16.4. The van der Waals surface area contributed by atoms with Crippen molar-refractivity contribution in [2.75, 3.05) is 22.1 Å². The van der Waals surface area contributed by atoms with Crippen molar-refractivity contribution in [2.24, 2.45) is 0 Å². The maximum atomic E-state index is 13.1. The fraction of sp³-hybridized carbons (Fsp3) is 0.250. The van der Waals surface area contributed by atoms with Gasteiger partial charge in [0, 0.05) is 36.8 Å². The van der Waals surface area contributed by atoms with Gasteiger partial charge in [0.05, 0.1) is 16.4 Å². The highest BCUT2D eigenvalue weighted by Crippen LogP contribution is 2.32. The molecule has 1 aromatic heterocycles. The first-order chi connectivity index (χ1) is 16.8. The average molecular weight is 474 g/mol. The number of aromatic amines is 1. The van der Waals surface area contributed by atoms with Crippen LogP contribution in [0.4, 0.5) is 23.1 Å². The second kappa shape index (κ2) is 8.67. The third kappa shape index (κ3) is 4.23. The van der Waals surface area contributed by atoms with Crippen LogP contribution >= 0.6 is 0 Å². The first-order valence-electron chi connectivity index (χ1n) is 11.1. The van der Waals surface area contributed by atoms with Crippen molar-refractivity contribution in [3.05, 3.63) is 85.2 Å². The fourth-order valence-corrected chi connectivity index (χ4v) is 4.52. The number of amides is 2. The van der Waals surface area contributed by atoms with Gasteiger partial charge in [-0.05, 0) is 30.5 Å². The van der Waals surface area contributed by atoms with E-state index in [2.05, 4.69) is 26.7 Å². The third-order valence-electron chi connectivity index (χ3n) is 6.36. The van der Waals surface area contributed by atoms with Gasteiger partial charge >= 0.3 is 0 Å². The molecule has 3 N–H and O–H groups in total. The SMILES string of the molecule is Cc1ccc(NC(=O)[C@@H]2CC(=O)Nc3nc(N4CCc5ccccc5C4)[nH]c(=O)c32)cc1[N+](=O)[O-]. The van der Waals surface area contributed by atoms with E-state index in [4.69, 9.17) is 0 Å². The molecule has 3 aromatic rings. The third-order valence-corrected chi connectivity index (χ3v) is 6.36. The molecule has 35 heavy (non-hydrogen) atoms. The molecule has 2 aliphatic rings. The van der Waals surface area contributed by atoms with Gasteiger partial charge in [0.1, 0.15) is 5.82 Å². The maximum Gasteiger partial charge on any atom is 0.274 e. The Hall–Kier alpha value is -4.54. The highest BCUT2D eigenvalue weighted by atomic mass is 16.6. The minimum atomic E-state index is -1.09. The number of nitrogens with one attached hydrogen (secondary N) is 3. The van der Waals surface area contributed by atoms with E-state index >= 15 is 0 Å². The van der Waals surface area contributed by atoms with E-state index in [9.17, 15) is 24.5 Å². The van der Waals surface area contributed by atoms with Crippen LogP contribution in [-0.2, 0) is 22.6 Å². The largest absolute Gasteiger partial charge is 0.338 e. The Kier molecular flexibility index (Phi) is 5.51. The Labute approximate surface area is 199 Å². The lowest BCUT2D eigenvalue weighted by Crippen LogP contribution is -2.38. The molecule has 5 rings (SSSR count). The average Bonchev–Trinajstić information content (AvgIpc) is 2.83. The van der Waals surface area contributed by atoms with E-state index in [0.29, 0.717) is 24.6 Å². The van der Waals surface area contributed by atoms with Crippen molar-refractivity contribution >= 4 is 35.0 Å². The van der Waals surface area contributed by atoms with Crippen LogP contribution < -0.4 is 21.1 Å². The number of fused-ring (bicyclic) bond motifs is 2. The maximum absolute atomic E-state index is 13.1. The van der Waals surface area contributed by atoms with Gasteiger partial charge in [0.25, 0.3) is 11.2 Å². The smallest absolute Gasteiger partial charge is 0.274 e. The van der Waals surface area contributed by atoms with Crippen LogP contribution in [0.3, 0.4) is 0 Å². The molecular formula is C24H22N6O5. The lowest BCUT2D eigenvalue weighted by atomic mass is 9.92. The van der Waals surface area contributed by atoms with E-state index in [1.807, 2.05) is 23.1 Å². The van der Waals surface area contributed by atoms with Crippen LogP contribution in [-0.4, -0.2) is 33.3 Å². The molecule has 11 heteroatoms. The molecule has 0 radical (unpaired) electrons. The van der Waals surface area contributed by atoms with Crippen LogP contribution in [0, 0.1) is 17.0 Å². The number of carbonyl (C=O) groups is 2. The van der Waals surface area contributed by atoms with Gasteiger partial charge in [-0.15, -0.1) is 0 Å². The number of aryl methyl sites for hydroxylation is 1. The van der Waals surface area contributed by atoms with E-state index in [-0.39, 0.29) is 29.2 Å². The Morgan fingerprint density at radius 3 is 2.74 bits per heavy atom. The van der Waals surface area contributed by atoms with Crippen molar-refractivity contribution in [3.63, 3.8) is 0 Å². The van der Waals surface area contributed by atoms with Crippen LogP contribution in [0.5, 0.6) is 0 Å². The minimum absolute atomic E-state index is 0.0499. The number of anilines is 3. The van der Waals surface area contributed by atoms with E-state index in [1.165, 1.54) is 23.8 Å². The molecule has 11 nitrogen and oxygen atoms in total. The summed E-state index contributed by atoms with van der Waals surface area (Å²) in [6, 6.07) is 12.3. The van der Waals surface area contributed by atoms with Gasteiger partial charge < -0.3 is 15.5 Å². The number of nitrogens with zero attached hydrogens (tertiary/aromatic N) is 3. The fourth-order valence-electron chi connectivity index (χ4n) is 4.52. The highest BCUT2D eigenvalue weighted by Gasteiger charge is 2.35. The predicted octanol–water partition coefficient (Wildman–Crippen LogP) is 2.61. The van der Waals surface area contributed by atoms with E-state index < -0.39 is 28.2 Å². The molecule has 0 bridgehead atoms. The molecule has 0 fully saturated rings. The van der Waals surface area contributed by atoms with Crippen molar-refractivity contribution < 1.29 is 14.5 Å². The van der Waals surface area contributed by atoms with Crippen molar-refractivity contribution in [2.45, 2.75) is 32.2 Å². The van der Waals surface area contributed by atoms with Gasteiger partial charge in [-0.2, -0.15) is 4.98 Å². The van der Waals surface area contributed by atoms with Gasteiger partial charge in [-0.1, -0.05) is 30.3 Å². The van der Waals surface area contributed by atoms with Crippen molar-refractivity contribution in [1.29, 1.82) is 0 Å². The summed E-state index contributed by atoms with van der Waals surface area (Å²) < 4.78 is 0. The molecule has 1 atom stereocenters. The summed E-state index contributed by atoms with van der Waals surface area (Å²) in [7, 11) is 0. The molecule has 2 aromatic carbocycles. The Morgan fingerprint density at radius 1 is 1.20 bits per heavy atom. The summed E-state index contributed by atoms with van der Waals surface area (Å²) in [4.78, 5) is 58.4. The normalized spacial score (nSPS) is 16.7. The van der Waals surface area contributed by atoms with Gasteiger partial charge in [0.15, 0.2) is 0 Å². The molecule has 2 amide bonds. The van der Waals surface area contributed by atoms with Crippen molar-refractivity contribution in [1.82, 2.24) is 9.97 Å². The topological polar surface area (TPSA) is 150 Å². The highest BCUT2D eigenvalue weighted by molar-refractivity contribution is 6.04. The van der Waals surface area contributed by atoms with Crippen LogP contribution in [0.1, 0.15) is 34.6 Å². The number of rotatable bonds is 4. The summed E-state index contributed by atoms with van der Waals surface area (Å²) in [6.45, 7) is 2.79. The lowest BCUT2D eigenvalue weighted by Gasteiger charge is -2.30. The molecule has 0 saturated heterocycles. The van der Waals surface area contributed by atoms with E-state index in [1.54, 1.807) is 6.92 Å². The molecule has 2 aliphatic heterocycles. The zero-order chi connectivity index (χ0) is 24.7. The number of hydrogen-bond acceptors (Lipinski definition) is 7. The number of benzene rings is 2. The molecule has 0 aliphatic carbocycles. The zero-order valence-corrected chi connectivity index (χ0v) is 18.8. The Bertz CT molecular complexity index is 1430. The summed E-state index contributed by atoms with van der Waals surface area (Å²) in [6.07, 6.45) is 0.547. The number of aromatic nitrogens is 2. The van der Waals surface area contributed by atoms with Gasteiger partial charge in [-0.3, -0.25) is 29.5 Å². The quantitative estimate of drug-likeness (QED) is 0.388. The number of carbonyl (C=O) groups excluding carboxylic acids is 2. The number of nitro benzene ring substituents is 1. The van der Waals surface area contributed by atoms with Crippen LogP contribution in [0.2, 0.25) is 0 Å². The van der Waals surface area contributed by atoms with Crippen LogP contribution in [0.25, 0.3) is 0 Å². The van der Waals surface area contributed by atoms with Crippen LogP contribution in [0.15, 0.2) is 47.3 Å². The van der Waals surface area contributed by atoms with Crippen molar-refractivity contribution in [3.8, 4) is 0 Å². The monoisotopic (exact) mass is 474 g/mol. The Balaban J connectivity index is 1.44. The number of H-pyrrole nitrogens is 1. The molecule has 3 heterocycles. The van der Waals surface area contributed by atoms with Gasteiger partial charge in [0.2, 0.25) is 17.8 Å². The first-order valence-corrected chi connectivity index (χ1v) is 11.1. The minimum Gasteiger partial charge on any atom is -0.338 e. The molecule has 0 unspecified atom stereocenters. The molecule has 0 spiro atoms. The molecule has 0 saturated carbocycles. The first kappa shape index (κ1) is 22.3. The molecular weight excluding hydrogens is 452 g/mol. The summed E-state index contributed by atoms with van der Waals surface area (Å²) in [5.74, 6) is -1.79. The lowest BCUT2D eigenvalue weighted by molar-refractivity contribution is -0.385. The van der Waals surface area contributed by atoms with Gasteiger partial charge in [-0.25, -0.2) is 0 Å². The summed E-state index contributed by atoms with van der Waals surface area (Å²) >= 11 is 0. The predicted molar refractivity (Wildman–Crippen MR) is 129 cm³/mol.